The first-order valence-electron chi connectivity index (χ1n) is 15.5. The number of allylic oxidation sites excluding steroid dienone is 2. The van der Waals surface area contributed by atoms with Crippen molar-refractivity contribution >= 4 is 26.7 Å². The van der Waals surface area contributed by atoms with Crippen molar-refractivity contribution in [2.75, 3.05) is 0 Å². The van der Waals surface area contributed by atoms with Gasteiger partial charge in [-0.05, 0) is 0 Å². The van der Waals surface area contributed by atoms with Crippen LogP contribution in [0.1, 0.15) is 67.3 Å². The van der Waals surface area contributed by atoms with Gasteiger partial charge in [0.2, 0.25) is 0 Å². The molecule has 0 heterocycles. The van der Waals surface area contributed by atoms with Gasteiger partial charge in [-0.15, -0.1) is 0 Å². The predicted molar refractivity (Wildman–Crippen MR) is 173 cm³/mol. The average molecular weight is 886 g/mol. The number of rotatable bonds is 6. The van der Waals surface area contributed by atoms with E-state index in [2.05, 4.69) is 60.1 Å². The number of benzene rings is 4. The Morgan fingerprint density at radius 2 is 0.917 bits per heavy atom. The van der Waals surface area contributed by atoms with Gasteiger partial charge in [-0.1, -0.05) is 0 Å². The average Bonchev–Trinajstić information content (AvgIpc) is 3.59. The summed E-state index contributed by atoms with van der Waals surface area (Å²) < 4.78 is 80.6. The molecular formula is C38H34Cl2F6SnZr. The van der Waals surface area contributed by atoms with E-state index in [0.29, 0.717) is 7.25 Å². The van der Waals surface area contributed by atoms with Gasteiger partial charge in [-0.25, -0.2) is 0 Å². The van der Waals surface area contributed by atoms with E-state index in [9.17, 15) is 26.3 Å². The topological polar surface area (TPSA) is 0 Å². The number of hydrogen-bond donors (Lipinski definition) is 0. The Morgan fingerprint density at radius 1 is 0.562 bits per heavy atom. The Kier molecular flexibility index (Phi) is 12.4. The first-order chi connectivity index (χ1) is 21.8. The van der Waals surface area contributed by atoms with E-state index >= 15 is 0 Å². The SMILES string of the molecule is CCC1=Cc2c(-c3ccc(C(F)(F)F)cc3)cccc2[CH]1[Zr+2]([CH]1C(CC)=Cc2c(-c3ccc(C(F)(F)F)cc3)cccc21)=[Sn]([CH3])[CH3].[Cl-].[Cl-]. The van der Waals surface area contributed by atoms with Crippen LogP contribution in [-0.2, 0) is 29.3 Å². The van der Waals surface area contributed by atoms with Crippen molar-refractivity contribution in [3.63, 3.8) is 0 Å². The molecule has 0 amide bonds. The van der Waals surface area contributed by atoms with Crippen LogP contribution in [0.25, 0.3) is 34.4 Å². The van der Waals surface area contributed by atoms with Gasteiger partial charge >= 0.3 is 278 Å². The Labute approximate surface area is 300 Å². The van der Waals surface area contributed by atoms with E-state index in [1.807, 2.05) is 12.1 Å². The van der Waals surface area contributed by atoms with Crippen LogP contribution >= 0.6 is 0 Å². The largest absolute Gasteiger partial charge is 1.00 e. The van der Waals surface area contributed by atoms with Gasteiger partial charge in [0, 0.05) is 0 Å². The Bertz CT molecular complexity index is 1770. The molecule has 2 unspecified atom stereocenters. The van der Waals surface area contributed by atoms with Gasteiger partial charge in [-0.3, -0.25) is 0 Å². The molecule has 4 aromatic carbocycles. The summed E-state index contributed by atoms with van der Waals surface area (Å²) in [6.45, 7) is 4.42. The third-order valence-electron chi connectivity index (χ3n) is 9.37. The van der Waals surface area contributed by atoms with E-state index < -0.39 is 55.0 Å². The quantitative estimate of drug-likeness (QED) is 0.157. The molecular weight excluding hydrogens is 851 g/mol. The fourth-order valence-corrected chi connectivity index (χ4v) is 48.1. The molecule has 2 aliphatic carbocycles. The van der Waals surface area contributed by atoms with Crippen molar-refractivity contribution in [1.29, 1.82) is 0 Å². The Balaban J connectivity index is 0.00000260. The van der Waals surface area contributed by atoms with Crippen LogP contribution in [0.3, 0.4) is 0 Å². The molecule has 0 nitrogen and oxygen atoms in total. The van der Waals surface area contributed by atoms with Gasteiger partial charge in [0.15, 0.2) is 0 Å². The summed E-state index contributed by atoms with van der Waals surface area (Å²) in [6.07, 6.45) is -2.27. The van der Waals surface area contributed by atoms with Gasteiger partial charge < -0.3 is 24.8 Å². The molecule has 6 rings (SSSR count). The number of halogens is 8. The minimum absolute atomic E-state index is 0. The summed E-state index contributed by atoms with van der Waals surface area (Å²) in [5, 5.41) is 0. The van der Waals surface area contributed by atoms with Crippen molar-refractivity contribution in [2.45, 2.75) is 56.2 Å². The molecule has 0 bridgehead atoms. The molecule has 0 aromatic heterocycles. The summed E-state index contributed by atoms with van der Waals surface area (Å²) in [7, 11) is 0. The van der Waals surface area contributed by atoms with Gasteiger partial charge in [0.05, 0.1) is 0 Å². The van der Waals surface area contributed by atoms with Crippen LogP contribution in [0.5, 0.6) is 0 Å². The molecule has 0 saturated heterocycles. The first-order valence-corrected chi connectivity index (χ1v) is 33.7. The summed E-state index contributed by atoms with van der Waals surface area (Å²) in [6, 6.07) is 23.6. The maximum Gasteiger partial charge on any atom is -1.00 e. The molecule has 0 N–H and O–H groups in total. The van der Waals surface area contributed by atoms with E-state index in [4.69, 9.17) is 0 Å². The van der Waals surface area contributed by atoms with Crippen LogP contribution in [0, 0.1) is 0 Å². The van der Waals surface area contributed by atoms with Crippen molar-refractivity contribution in [3.8, 4) is 22.3 Å². The van der Waals surface area contributed by atoms with Gasteiger partial charge in [0.25, 0.3) is 0 Å². The zero-order valence-electron chi connectivity index (χ0n) is 26.8. The van der Waals surface area contributed by atoms with E-state index in [-0.39, 0.29) is 24.8 Å². The zero-order chi connectivity index (χ0) is 33.0. The molecule has 0 aliphatic heterocycles. The second kappa shape index (κ2) is 15.2. The number of fused-ring (bicyclic) bond motifs is 2. The van der Waals surface area contributed by atoms with Gasteiger partial charge in [-0.2, -0.15) is 0 Å². The predicted octanol–water partition coefficient (Wildman–Crippen LogP) is 6.33. The van der Waals surface area contributed by atoms with E-state index in [1.54, 1.807) is 24.3 Å². The Morgan fingerprint density at radius 3 is 1.21 bits per heavy atom. The number of alkyl halides is 6. The smallest absolute Gasteiger partial charge is 1.00 e. The van der Waals surface area contributed by atoms with Crippen molar-refractivity contribution in [1.82, 2.24) is 0 Å². The van der Waals surface area contributed by atoms with Crippen molar-refractivity contribution in [3.05, 3.63) is 129 Å². The molecule has 0 spiro atoms. The second-order valence-corrected chi connectivity index (χ2v) is 49.3. The summed E-state index contributed by atoms with van der Waals surface area (Å²) in [5.74, 6) is 0. The molecule has 48 heavy (non-hydrogen) atoms. The molecule has 10 heteroatoms. The summed E-state index contributed by atoms with van der Waals surface area (Å²) >= 11 is -4.24. The van der Waals surface area contributed by atoms with E-state index in [1.165, 1.54) is 46.5 Å². The van der Waals surface area contributed by atoms with Crippen LogP contribution in [0.15, 0.2) is 96.1 Å². The first kappa shape index (κ1) is 39.0. The van der Waals surface area contributed by atoms with Gasteiger partial charge in [0.1, 0.15) is 0 Å². The summed E-state index contributed by atoms with van der Waals surface area (Å²) in [4.78, 5) is 5.07. The molecule has 250 valence electrons. The minimum atomic E-state index is -4.38. The maximum absolute atomic E-state index is 13.3. The number of hydrogen-bond acceptors (Lipinski definition) is 0. The van der Waals surface area contributed by atoms with E-state index in [0.717, 1.165) is 46.2 Å². The van der Waals surface area contributed by atoms with Crippen LogP contribution in [0.4, 0.5) is 26.3 Å². The van der Waals surface area contributed by atoms with Crippen molar-refractivity contribution in [2.24, 2.45) is 0 Å². The second-order valence-electron chi connectivity index (χ2n) is 12.2. The monoisotopic (exact) mass is 884 g/mol. The third-order valence-corrected chi connectivity index (χ3v) is 47.9. The zero-order valence-corrected chi connectivity index (χ0v) is 33.7. The standard InChI is InChI=1S/2C18H14F3.2CH3.2ClH.Sn.Zr/c2*1-2-12-10-14-4-3-5-16(17(14)11-12)13-6-8-15(9-7-13)18(19,20)21;;;;;;/h2*3-11H,2H2,1H3;2*1H3;2*1H;;/q;;;;;;;+2/p-2. The molecule has 4 aromatic rings. The fraction of sp³-hybridized carbons (Fsp3) is 0.263. The molecule has 0 fully saturated rings. The normalized spacial score (nSPS) is 16.4. The third kappa shape index (κ3) is 7.31. The van der Waals surface area contributed by atoms with Crippen LogP contribution in [-0.4, -0.2) is 14.6 Å². The van der Waals surface area contributed by atoms with Crippen LogP contribution < -0.4 is 24.8 Å². The summed E-state index contributed by atoms with van der Waals surface area (Å²) in [5.41, 5.74) is 10.0. The van der Waals surface area contributed by atoms with Crippen LogP contribution in [0.2, 0.25) is 9.88 Å². The maximum atomic E-state index is 13.3. The fourth-order valence-electron chi connectivity index (χ4n) is 7.20. The van der Waals surface area contributed by atoms with Crippen molar-refractivity contribution < 1.29 is 68.1 Å². The Hall–Kier alpha value is -1.80. The molecule has 2 aliphatic rings. The molecule has 0 saturated carbocycles. The minimum Gasteiger partial charge on any atom is -1.00 e. The molecule has 2 atom stereocenters. The molecule has 0 radical (unpaired) electrons.